The van der Waals surface area contributed by atoms with Crippen molar-refractivity contribution >= 4 is 27.4 Å². The normalized spacial score (nSPS) is 11.1. The summed E-state index contributed by atoms with van der Waals surface area (Å²) >= 11 is 0. The molecule has 11 heteroatoms. The van der Waals surface area contributed by atoms with Crippen molar-refractivity contribution in [2.75, 3.05) is 4.72 Å². The number of carbonyl (C=O) groups is 1. The molecule has 0 unspecified atom stereocenters. The topological polar surface area (TPSA) is 161 Å². The average molecular weight is 325 g/mol. The Balaban J connectivity index is 2.32. The Bertz CT molecular complexity index is 858. The van der Waals surface area contributed by atoms with E-state index in [1.54, 1.807) is 0 Å². The number of aromatic amines is 1. The number of hydrogen-bond donors (Lipinski definition) is 3. The molecule has 22 heavy (non-hydrogen) atoms. The molecule has 4 N–H and O–H groups in total. The summed E-state index contributed by atoms with van der Waals surface area (Å²) in [5, 5.41) is 16.6. The fourth-order valence-electron chi connectivity index (χ4n) is 1.70. The maximum Gasteiger partial charge on any atom is 0.272 e. The number of sulfonamides is 1. The predicted molar refractivity (Wildman–Crippen MR) is 75.7 cm³/mol. The van der Waals surface area contributed by atoms with Gasteiger partial charge in [0.05, 0.1) is 9.82 Å². The molecular weight excluding hydrogens is 314 g/mol. The number of nitro benzene ring substituents is 1. The van der Waals surface area contributed by atoms with Gasteiger partial charge in [0, 0.05) is 17.7 Å². The minimum atomic E-state index is -4.00. The van der Waals surface area contributed by atoms with Crippen LogP contribution in [0, 0.1) is 17.0 Å². The van der Waals surface area contributed by atoms with Crippen molar-refractivity contribution in [1.29, 1.82) is 0 Å². The Labute approximate surface area is 124 Å². The zero-order chi connectivity index (χ0) is 16.5. The summed E-state index contributed by atoms with van der Waals surface area (Å²) in [6.07, 6.45) is 0. The molecule has 0 fully saturated rings. The lowest BCUT2D eigenvalue weighted by Gasteiger charge is -2.06. The molecule has 0 saturated carbocycles. The van der Waals surface area contributed by atoms with Gasteiger partial charge in [-0.05, 0) is 19.1 Å². The van der Waals surface area contributed by atoms with E-state index in [0.717, 1.165) is 18.2 Å². The molecule has 0 atom stereocenters. The van der Waals surface area contributed by atoms with Crippen LogP contribution in [0.5, 0.6) is 0 Å². The number of anilines is 1. The molecule has 0 spiro atoms. The number of nitrogens with zero attached hydrogens (tertiary/aromatic N) is 2. The Hall–Kier alpha value is -2.95. The van der Waals surface area contributed by atoms with Crippen molar-refractivity contribution in [3.8, 4) is 0 Å². The van der Waals surface area contributed by atoms with E-state index in [2.05, 4.69) is 14.9 Å². The van der Waals surface area contributed by atoms with Gasteiger partial charge in [0.15, 0.2) is 5.82 Å². The summed E-state index contributed by atoms with van der Waals surface area (Å²) in [5.41, 5.74) is 4.97. The summed E-state index contributed by atoms with van der Waals surface area (Å²) in [5.74, 6) is -0.908. The maximum atomic E-state index is 12.2. The van der Waals surface area contributed by atoms with E-state index in [0.29, 0.717) is 0 Å². The second kappa shape index (κ2) is 5.44. The first-order valence-electron chi connectivity index (χ1n) is 5.84. The molecule has 0 radical (unpaired) electrons. The van der Waals surface area contributed by atoms with Crippen LogP contribution in [0.3, 0.4) is 0 Å². The first-order valence-corrected chi connectivity index (χ1v) is 7.32. The summed E-state index contributed by atoms with van der Waals surface area (Å²) in [7, 11) is -4.00. The predicted octanol–water partition coefficient (Wildman–Crippen LogP) is 0.526. The molecule has 0 bridgehead atoms. The first kappa shape index (κ1) is 15.4. The highest BCUT2D eigenvalue weighted by Crippen LogP contribution is 2.22. The fraction of sp³-hybridized carbons (Fsp3) is 0.0909. The van der Waals surface area contributed by atoms with Crippen LogP contribution in [-0.2, 0) is 10.0 Å². The van der Waals surface area contributed by atoms with E-state index in [1.807, 2.05) is 0 Å². The van der Waals surface area contributed by atoms with Gasteiger partial charge in [0.25, 0.3) is 21.6 Å². The van der Waals surface area contributed by atoms with Gasteiger partial charge in [-0.1, -0.05) is 0 Å². The molecule has 0 aliphatic carbocycles. The number of primary amides is 1. The quantitative estimate of drug-likeness (QED) is 0.536. The highest BCUT2D eigenvalue weighted by Gasteiger charge is 2.20. The lowest BCUT2D eigenvalue weighted by Crippen LogP contribution is -2.13. The van der Waals surface area contributed by atoms with E-state index >= 15 is 0 Å². The van der Waals surface area contributed by atoms with Crippen LogP contribution in [0.25, 0.3) is 0 Å². The van der Waals surface area contributed by atoms with Crippen molar-refractivity contribution < 1.29 is 18.1 Å². The minimum absolute atomic E-state index is 0.0578. The van der Waals surface area contributed by atoms with Crippen LogP contribution in [0.2, 0.25) is 0 Å². The Morgan fingerprint density at radius 1 is 1.41 bits per heavy atom. The molecule has 1 aromatic heterocycles. The van der Waals surface area contributed by atoms with Crippen molar-refractivity contribution in [3.63, 3.8) is 0 Å². The third-order valence-corrected chi connectivity index (χ3v) is 4.11. The number of hydrogen-bond acceptors (Lipinski definition) is 6. The molecule has 1 aromatic carbocycles. The van der Waals surface area contributed by atoms with Gasteiger partial charge < -0.3 is 5.73 Å². The standard InChI is InChI=1S/C11H11N5O5S/c1-6-4-7(2-3-9(6)16(18)19)22(20,21)15-10-5-8(11(12)17)13-14-10/h2-5H,1H3,(H2,12,17)(H2,13,14,15). The van der Waals surface area contributed by atoms with Gasteiger partial charge in [-0.2, -0.15) is 5.10 Å². The number of rotatable bonds is 5. The summed E-state index contributed by atoms with van der Waals surface area (Å²) in [6, 6.07) is 4.51. The zero-order valence-electron chi connectivity index (χ0n) is 11.2. The zero-order valence-corrected chi connectivity index (χ0v) is 12.0. The van der Waals surface area contributed by atoms with E-state index in [9.17, 15) is 23.3 Å². The number of H-pyrrole nitrogens is 1. The molecule has 0 saturated heterocycles. The van der Waals surface area contributed by atoms with Crippen LogP contribution in [-0.4, -0.2) is 29.4 Å². The van der Waals surface area contributed by atoms with Crippen LogP contribution < -0.4 is 10.5 Å². The summed E-state index contributed by atoms with van der Waals surface area (Å²) < 4.78 is 26.5. The Morgan fingerprint density at radius 2 is 2.09 bits per heavy atom. The minimum Gasteiger partial charge on any atom is -0.364 e. The number of aromatic nitrogens is 2. The molecule has 1 heterocycles. The lowest BCUT2D eigenvalue weighted by molar-refractivity contribution is -0.385. The maximum absolute atomic E-state index is 12.2. The third-order valence-electron chi connectivity index (χ3n) is 2.76. The van der Waals surface area contributed by atoms with Crippen LogP contribution in [0.4, 0.5) is 11.5 Å². The van der Waals surface area contributed by atoms with E-state index in [1.165, 1.54) is 13.0 Å². The van der Waals surface area contributed by atoms with E-state index in [-0.39, 0.29) is 27.7 Å². The fourth-order valence-corrected chi connectivity index (χ4v) is 2.77. The molecule has 2 aromatic rings. The first-order chi connectivity index (χ1) is 10.2. The third kappa shape index (κ3) is 3.03. The van der Waals surface area contributed by atoms with Gasteiger partial charge in [0.2, 0.25) is 0 Å². The highest BCUT2D eigenvalue weighted by atomic mass is 32.2. The second-order valence-electron chi connectivity index (χ2n) is 4.34. The smallest absolute Gasteiger partial charge is 0.272 e. The van der Waals surface area contributed by atoms with E-state index in [4.69, 9.17) is 5.73 Å². The Kier molecular flexibility index (Phi) is 3.82. The monoisotopic (exact) mass is 325 g/mol. The summed E-state index contributed by atoms with van der Waals surface area (Å²) in [6.45, 7) is 1.43. The highest BCUT2D eigenvalue weighted by molar-refractivity contribution is 7.92. The molecule has 0 aliphatic heterocycles. The van der Waals surface area contributed by atoms with Crippen molar-refractivity contribution in [2.45, 2.75) is 11.8 Å². The molecule has 2 rings (SSSR count). The van der Waals surface area contributed by atoms with E-state index < -0.39 is 20.9 Å². The number of nitro groups is 1. The number of amides is 1. The molecular formula is C11H11N5O5S. The Morgan fingerprint density at radius 3 is 2.59 bits per heavy atom. The van der Waals surface area contributed by atoms with Crippen molar-refractivity contribution in [1.82, 2.24) is 10.2 Å². The molecule has 10 nitrogen and oxygen atoms in total. The number of carbonyl (C=O) groups excluding carboxylic acids is 1. The van der Waals surface area contributed by atoms with Crippen molar-refractivity contribution in [3.05, 3.63) is 45.6 Å². The lowest BCUT2D eigenvalue weighted by atomic mass is 10.2. The van der Waals surface area contributed by atoms with Crippen LogP contribution in [0.1, 0.15) is 16.1 Å². The van der Waals surface area contributed by atoms with Crippen molar-refractivity contribution in [2.24, 2.45) is 5.73 Å². The number of nitrogens with one attached hydrogen (secondary N) is 2. The van der Waals surface area contributed by atoms with Gasteiger partial charge in [-0.15, -0.1) is 0 Å². The summed E-state index contributed by atoms with van der Waals surface area (Å²) in [4.78, 5) is 20.9. The number of benzene rings is 1. The largest absolute Gasteiger partial charge is 0.364 e. The number of aryl methyl sites for hydroxylation is 1. The molecule has 1 amide bonds. The SMILES string of the molecule is Cc1cc(S(=O)(=O)Nc2cc(C(N)=O)[nH]n2)ccc1[N+](=O)[O-]. The average Bonchev–Trinajstić information content (AvgIpc) is 2.86. The molecule has 116 valence electrons. The van der Waals surface area contributed by atoms with Crippen LogP contribution >= 0.6 is 0 Å². The van der Waals surface area contributed by atoms with Gasteiger partial charge >= 0.3 is 0 Å². The molecule has 0 aliphatic rings. The van der Waals surface area contributed by atoms with Gasteiger partial charge in [-0.25, -0.2) is 8.42 Å². The second-order valence-corrected chi connectivity index (χ2v) is 6.02. The van der Waals surface area contributed by atoms with Gasteiger partial charge in [-0.3, -0.25) is 24.7 Å². The van der Waals surface area contributed by atoms with Crippen LogP contribution in [0.15, 0.2) is 29.2 Å². The van der Waals surface area contributed by atoms with Gasteiger partial charge in [0.1, 0.15) is 5.69 Å². The number of nitrogens with two attached hydrogens (primary N) is 1.